The first kappa shape index (κ1) is 13.5. The largest absolute Gasteiger partial charge is 0.489 e. The minimum absolute atomic E-state index is 0.0753. The molecule has 0 bridgehead atoms. The summed E-state index contributed by atoms with van der Waals surface area (Å²) in [5, 5.41) is 0. The molecule has 1 fully saturated rings. The molecule has 3 nitrogen and oxygen atoms in total. The number of benzene rings is 1. The molecule has 0 amide bonds. The van der Waals surface area contributed by atoms with E-state index in [1.807, 2.05) is 24.3 Å². The van der Waals surface area contributed by atoms with Gasteiger partial charge >= 0.3 is 0 Å². The number of ether oxygens (including phenoxy) is 1. The maximum Gasteiger partial charge on any atom is 0.159 e. The summed E-state index contributed by atoms with van der Waals surface area (Å²) < 4.78 is 5.88. The first-order valence-corrected chi connectivity index (χ1v) is 7.88. The van der Waals surface area contributed by atoms with Crippen molar-refractivity contribution in [3.8, 4) is 0 Å². The summed E-state index contributed by atoms with van der Waals surface area (Å²) in [5.74, 6) is 1.54. The molecule has 2 aliphatic carbocycles. The van der Waals surface area contributed by atoms with Gasteiger partial charge < -0.3 is 4.74 Å². The molecule has 0 spiro atoms. The van der Waals surface area contributed by atoms with Crippen LogP contribution in [-0.4, -0.2) is 11.6 Å². The minimum Gasteiger partial charge on any atom is -0.489 e. The van der Waals surface area contributed by atoms with E-state index in [9.17, 15) is 9.59 Å². The molecule has 0 saturated heterocycles. The standard InChI is InChI=1S/C19H18O3/c1-11(20)12-5-6-15-14(7-12)10-22-19-9-16-13(8-17(15)19)3-2-4-18(16)21/h5-7,9,13H,2-4,8,10H2,1H3. The third-order valence-electron chi connectivity index (χ3n) is 4.97. The van der Waals surface area contributed by atoms with Crippen molar-refractivity contribution in [2.45, 2.75) is 39.2 Å². The highest BCUT2D eigenvalue weighted by molar-refractivity contribution is 5.99. The predicted octanol–water partition coefficient (Wildman–Crippen LogP) is 3.83. The van der Waals surface area contributed by atoms with Crippen LogP contribution in [0.4, 0.5) is 0 Å². The Labute approximate surface area is 129 Å². The zero-order valence-corrected chi connectivity index (χ0v) is 12.6. The van der Waals surface area contributed by atoms with Gasteiger partial charge in [0, 0.05) is 23.1 Å². The summed E-state index contributed by atoms with van der Waals surface area (Å²) in [6, 6.07) is 5.86. The SMILES string of the molecule is CC(=O)c1ccc2c(c1)COC1=C2CC2CCCC(=O)C2=C1. The van der Waals surface area contributed by atoms with Crippen LogP contribution in [0.1, 0.15) is 54.1 Å². The highest BCUT2D eigenvalue weighted by Gasteiger charge is 2.33. The number of hydrogen-bond acceptors (Lipinski definition) is 3. The first-order chi connectivity index (χ1) is 10.6. The average Bonchev–Trinajstić information content (AvgIpc) is 2.53. The smallest absolute Gasteiger partial charge is 0.159 e. The van der Waals surface area contributed by atoms with Gasteiger partial charge in [-0.1, -0.05) is 12.1 Å². The Kier molecular flexibility index (Phi) is 3.03. The molecule has 0 N–H and O–H groups in total. The van der Waals surface area contributed by atoms with Crippen molar-refractivity contribution in [2.75, 3.05) is 0 Å². The Hall–Kier alpha value is -2.16. The van der Waals surface area contributed by atoms with Crippen LogP contribution in [-0.2, 0) is 16.1 Å². The molecule has 22 heavy (non-hydrogen) atoms. The molecule has 3 aliphatic rings. The van der Waals surface area contributed by atoms with E-state index in [0.717, 1.165) is 41.7 Å². The lowest BCUT2D eigenvalue weighted by molar-refractivity contribution is -0.117. The van der Waals surface area contributed by atoms with E-state index < -0.39 is 0 Å². The second-order valence-electron chi connectivity index (χ2n) is 6.38. The molecule has 1 aromatic carbocycles. The molecule has 1 aromatic rings. The van der Waals surface area contributed by atoms with Crippen molar-refractivity contribution in [1.82, 2.24) is 0 Å². The third-order valence-corrected chi connectivity index (χ3v) is 4.97. The molecule has 1 unspecified atom stereocenters. The summed E-state index contributed by atoms with van der Waals surface area (Å²) in [6.07, 6.45) is 5.57. The van der Waals surface area contributed by atoms with Crippen LogP contribution in [0.15, 0.2) is 35.6 Å². The molecule has 4 rings (SSSR count). The van der Waals surface area contributed by atoms with Gasteiger partial charge in [-0.15, -0.1) is 0 Å². The number of ketones is 2. The number of allylic oxidation sites excluding steroid dienone is 3. The second kappa shape index (κ2) is 4.94. The molecule has 1 aliphatic heterocycles. The fraction of sp³-hybridized carbons (Fsp3) is 0.368. The number of rotatable bonds is 1. The Balaban J connectivity index is 1.79. The van der Waals surface area contributed by atoms with Crippen molar-refractivity contribution < 1.29 is 14.3 Å². The first-order valence-electron chi connectivity index (χ1n) is 7.88. The molecule has 0 aromatic heterocycles. The van der Waals surface area contributed by atoms with Gasteiger partial charge in [0.15, 0.2) is 11.6 Å². The summed E-state index contributed by atoms with van der Waals surface area (Å²) >= 11 is 0. The van der Waals surface area contributed by atoms with E-state index in [2.05, 4.69) is 0 Å². The van der Waals surface area contributed by atoms with Crippen LogP contribution in [0.2, 0.25) is 0 Å². The summed E-state index contributed by atoms with van der Waals surface area (Å²) in [6.45, 7) is 2.05. The van der Waals surface area contributed by atoms with Crippen LogP contribution in [0, 0.1) is 5.92 Å². The maximum absolute atomic E-state index is 12.1. The molecular weight excluding hydrogens is 276 g/mol. The fourth-order valence-corrected chi connectivity index (χ4v) is 3.78. The quantitative estimate of drug-likeness (QED) is 0.739. The number of carbonyl (C=O) groups is 2. The molecule has 1 atom stereocenters. The van der Waals surface area contributed by atoms with Gasteiger partial charge in [-0.2, -0.15) is 0 Å². The summed E-state index contributed by atoms with van der Waals surface area (Å²) in [5.41, 5.74) is 5.13. The monoisotopic (exact) mass is 294 g/mol. The molecule has 0 radical (unpaired) electrons. The molecule has 1 heterocycles. The van der Waals surface area contributed by atoms with E-state index in [1.165, 1.54) is 11.1 Å². The highest BCUT2D eigenvalue weighted by Crippen LogP contribution is 2.44. The fourth-order valence-electron chi connectivity index (χ4n) is 3.78. The number of Topliss-reactive ketones (excluding diaryl/α,β-unsaturated/α-hetero) is 2. The molecular formula is C19H18O3. The molecule has 1 saturated carbocycles. The lowest BCUT2D eigenvalue weighted by atomic mass is 9.74. The summed E-state index contributed by atoms with van der Waals surface area (Å²) in [4.78, 5) is 23.6. The van der Waals surface area contributed by atoms with Gasteiger partial charge in [-0.25, -0.2) is 0 Å². The number of carbonyl (C=O) groups excluding carboxylic acids is 2. The van der Waals surface area contributed by atoms with Crippen molar-refractivity contribution in [3.05, 3.63) is 52.3 Å². The minimum atomic E-state index is 0.0753. The summed E-state index contributed by atoms with van der Waals surface area (Å²) in [7, 11) is 0. The van der Waals surface area contributed by atoms with Crippen LogP contribution >= 0.6 is 0 Å². The van der Waals surface area contributed by atoms with E-state index in [-0.39, 0.29) is 11.6 Å². The lowest BCUT2D eigenvalue weighted by Crippen LogP contribution is -2.24. The van der Waals surface area contributed by atoms with Crippen LogP contribution in [0.25, 0.3) is 5.57 Å². The number of fused-ring (bicyclic) bond motifs is 3. The van der Waals surface area contributed by atoms with Crippen molar-refractivity contribution in [1.29, 1.82) is 0 Å². The molecule has 3 heteroatoms. The normalized spacial score (nSPS) is 23.0. The van der Waals surface area contributed by atoms with Crippen LogP contribution in [0.3, 0.4) is 0 Å². The van der Waals surface area contributed by atoms with Gasteiger partial charge in [0.05, 0.1) is 0 Å². The Morgan fingerprint density at radius 1 is 1.32 bits per heavy atom. The van der Waals surface area contributed by atoms with Crippen LogP contribution < -0.4 is 0 Å². The second-order valence-corrected chi connectivity index (χ2v) is 6.38. The van der Waals surface area contributed by atoms with Crippen molar-refractivity contribution in [2.24, 2.45) is 5.92 Å². The van der Waals surface area contributed by atoms with Gasteiger partial charge in [0.2, 0.25) is 0 Å². The van der Waals surface area contributed by atoms with Crippen LogP contribution in [0.5, 0.6) is 0 Å². The number of hydrogen-bond donors (Lipinski definition) is 0. The Morgan fingerprint density at radius 2 is 2.18 bits per heavy atom. The average molecular weight is 294 g/mol. The topological polar surface area (TPSA) is 43.4 Å². The van der Waals surface area contributed by atoms with E-state index in [0.29, 0.717) is 18.9 Å². The van der Waals surface area contributed by atoms with Gasteiger partial charge in [-0.05, 0) is 55.4 Å². The lowest BCUT2D eigenvalue weighted by Gasteiger charge is -2.33. The van der Waals surface area contributed by atoms with E-state index in [4.69, 9.17) is 4.74 Å². The Morgan fingerprint density at radius 3 is 3.00 bits per heavy atom. The van der Waals surface area contributed by atoms with E-state index >= 15 is 0 Å². The zero-order chi connectivity index (χ0) is 15.3. The highest BCUT2D eigenvalue weighted by atomic mass is 16.5. The molecule has 112 valence electrons. The third kappa shape index (κ3) is 2.04. The van der Waals surface area contributed by atoms with Crippen molar-refractivity contribution in [3.63, 3.8) is 0 Å². The van der Waals surface area contributed by atoms with Crippen molar-refractivity contribution >= 4 is 17.1 Å². The van der Waals surface area contributed by atoms with E-state index in [1.54, 1.807) is 6.92 Å². The van der Waals surface area contributed by atoms with Gasteiger partial charge in [0.25, 0.3) is 0 Å². The predicted molar refractivity (Wildman–Crippen MR) is 83.2 cm³/mol. The Bertz CT molecular complexity index is 752. The zero-order valence-electron chi connectivity index (χ0n) is 12.6. The maximum atomic E-state index is 12.1. The van der Waals surface area contributed by atoms with Gasteiger partial charge in [-0.3, -0.25) is 9.59 Å². The van der Waals surface area contributed by atoms with Gasteiger partial charge in [0.1, 0.15) is 12.4 Å².